The van der Waals surface area contributed by atoms with Crippen LogP contribution in [0.4, 0.5) is 4.39 Å². The Morgan fingerprint density at radius 1 is 1.45 bits per heavy atom. The number of halogens is 2. The van der Waals surface area contributed by atoms with E-state index in [0.29, 0.717) is 18.5 Å². The Hall–Kier alpha value is -1.62. The van der Waals surface area contributed by atoms with Crippen molar-refractivity contribution in [3.63, 3.8) is 0 Å². The number of fused-ring (bicyclic) bond motifs is 1. The highest BCUT2D eigenvalue weighted by Crippen LogP contribution is 2.49. The monoisotopic (exact) mass is 325 g/mol. The first kappa shape index (κ1) is 15.3. The third-order valence-corrected chi connectivity index (χ3v) is 5.36. The summed E-state index contributed by atoms with van der Waals surface area (Å²) in [6.07, 6.45) is 2.46. The minimum absolute atomic E-state index is 0.0395. The Balaban J connectivity index is 1.73. The van der Waals surface area contributed by atoms with Gasteiger partial charge in [-0.3, -0.25) is 9.59 Å². The van der Waals surface area contributed by atoms with Crippen LogP contribution in [0.3, 0.4) is 0 Å². The Bertz CT molecular complexity index is 636. The van der Waals surface area contributed by atoms with Crippen LogP contribution >= 0.6 is 11.6 Å². The number of carboxylic acid groups (broad SMARTS) is 1. The molecule has 1 heterocycles. The maximum atomic E-state index is 13.0. The summed E-state index contributed by atoms with van der Waals surface area (Å²) in [5.74, 6) is -1.35. The molecule has 1 aromatic rings. The molecule has 2 atom stereocenters. The van der Waals surface area contributed by atoms with Gasteiger partial charge in [-0.2, -0.15) is 0 Å². The SMILES string of the molecule is O=C(Cc1ccc(F)cc1Cl)N1C[C@@H]2CCC[C@@]2(C(=O)O)C1. The standard InChI is InChI=1S/C16H17ClFNO3/c17-13-7-12(18)4-3-10(13)6-14(20)19-8-11-2-1-5-16(11,9-19)15(21)22/h3-4,7,11H,1-2,5-6,8-9H2,(H,21,22)/t11-,16+/m0/s1. The van der Waals surface area contributed by atoms with E-state index in [-0.39, 0.29) is 29.8 Å². The molecule has 0 spiro atoms. The van der Waals surface area contributed by atoms with Crippen LogP contribution in [0.25, 0.3) is 0 Å². The topological polar surface area (TPSA) is 57.6 Å². The van der Waals surface area contributed by atoms with Crippen LogP contribution in [0.15, 0.2) is 18.2 Å². The Kier molecular flexibility index (Phi) is 3.85. The number of carbonyl (C=O) groups is 2. The average molecular weight is 326 g/mol. The molecule has 0 unspecified atom stereocenters. The molecular weight excluding hydrogens is 309 g/mol. The fraction of sp³-hybridized carbons (Fsp3) is 0.500. The van der Waals surface area contributed by atoms with Crippen molar-refractivity contribution < 1.29 is 19.1 Å². The Labute approximate surface area is 132 Å². The summed E-state index contributed by atoms with van der Waals surface area (Å²) in [6.45, 7) is 0.759. The first-order valence-electron chi connectivity index (χ1n) is 7.37. The van der Waals surface area contributed by atoms with Gasteiger partial charge in [-0.15, -0.1) is 0 Å². The quantitative estimate of drug-likeness (QED) is 0.929. The molecule has 4 nitrogen and oxygen atoms in total. The number of carbonyl (C=O) groups excluding carboxylic acids is 1. The van der Waals surface area contributed by atoms with Crippen LogP contribution in [0.5, 0.6) is 0 Å². The van der Waals surface area contributed by atoms with Gasteiger partial charge in [0.25, 0.3) is 0 Å². The van der Waals surface area contributed by atoms with Crippen molar-refractivity contribution in [1.29, 1.82) is 0 Å². The molecule has 2 aliphatic rings. The van der Waals surface area contributed by atoms with Gasteiger partial charge < -0.3 is 10.0 Å². The highest BCUT2D eigenvalue weighted by molar-refractivity contribution is 6.31. The maximum Gasteiger partial charge on any atom is 0.311 e. The van der Waals surface area contributed by atoms with Crippen molar-refractivity contribution in [2.45, 2.75) is 25.7 Å². The summed E-state index contributed by atoms with van der Waals surface area (Å²) in [4.78, 5) is 25.7. The van der Waals surface area contributed by atoms with Gasteiger partial charge in [-0.25, -0.2) is 4.39 Å². The van der Waals surface area contributed by atoms with Crippen molar-refractivity contribution in [1.82, 2.24) is 4.90 Å². The van der Waals surface area contributed by atoms with Crippen LogP contribution in [-0.4, -0.2) is 35.0 Å². The number of carboxylic acids is 1. The molecule has 3 rings (SSSR count). The predicted octanol–water partition coefficient (Wildman–Crippen LogP) is 2.73. The van der Waals surface area contributed by atoms with E-state index < -0.39 is 17.2 Å². The number of amides is 1. The Morgan fingerprint density at radius 2 is 2.23 bits per heavy atom. The number of hydrogen-bond acceptors (Lipinski definition) is 2. The van der Waals surface area contributed by atoms with E-state index in [9.17, 15) is 19.1 Å². The normalized spacial score (nSPS) is 27.0. The number of likely N-dealkylation sites (tertiary alicyclic amines) is 1. The van der Waals surface area contributed by atoms with Gasteiger partial charge in [0, 0.05) is 18.1 Å². The fourth-order valence-electron chi connectivity index (χ4n) is 3.77. The first-order chi connectivity index (χ1) is 10.4. The molecule has 1 aromatic carbocycles. The summed E-state index contributed by atoms with van der Waals surface area (Å²) in [6, 6.07) is 3.95. The second kappa shape index (κ2) is 5.54. The molecule has 6 heteroatoms. The number of hydrogen-bond donors (Lipinski definition) is 1. The highest BCUT2D eigenvalue weighted by atomic mass is 35.5. The molecule has 1 aliphatic carbocycles. The van der Waals surface area contributed by atoms with Gasteiger partial charge in [0.15, 0.2) is 0 Å². The van der Waals surface area contributed by atoms with Crippen LogP contribution in [0.1, 0.15) is 24.8 Å². The van der Waals surface area contributed by atoms with Gasteiger partial charge in [0.2, 0.25) is 5.91 Å². The van der Waals surface area contributed by atoms with Crippen molar-refractivity contribution in [3.8, 4) is 0 Å². The number of rotatable bonds is 3. The van der Waals surface area contributed by atoms with Crippen LogP contribution in [0.2, 0.25) is 5.02 Å². The smallest absolute Gasteiger partial charge is 0.311 e. The van der Waals surface area contributed by atoms with Crippen molar-refractivity contribution in [2.24, 2.45) is 11.3 Å². The van der Waals surface area contributed by atoms with E-state index in [4.69, 9.17) is 11.6 Å². The second-order valence-electron chi connectivity index (χ2n) is 6.24. The zero-order chi connectivity index (χ0) is 15.9. The zero-order valence-corrected chi connectivity index (χ0v) is 12.8. The third-order valence-electron chi connectivity index (χ3n) is 5.01. The second-order valence-corrected chi connectivity index (χ2v) is 6.64. The lowest BCUT2D eigenvalue weighted by Crippen LogP contribution is -2.37. The van der Waals surface area contributed by atoms with Crippen molar-refractivity contribution in [3.05, 3.63) is 34.6 Å². The van der Waals surface area contributed by atoms with Gasteiger partial charge >= 0.3 is 5.97 Å². The van der Waals surface area contributed by atoms with E-state index >= 15 is 0 Å². The van der Waals surface area contributed by atoms with E-state index in [2.05, 4.69) is 0 Å². The molecule has 0 bridgehead atoms. The maximum absolute atomic E-state index is 13.0. The van der Waals surface area contributed by atoms with Gasteiger partial charge in [-0.05, 0) is 36.5 Å². The molecular formula is C16H17ClFNO3. The lowest BCUT2D eigenvalue weighted by atomic mass is 9.81. The highest BCUT2D eigenvalue weighted by Gasteiger charge is 2.55. The third kappa shape index (κ3) is 2.47. The summed E-state index contributed by atoms with van der Waals surface area (Å²) in [7, 11) is 0. The summed E-state index contributed by atoms with van der Waals surface area (Å²) >= 11 is 5.95. The van der Waals surface area contributed by atoms with Crippen LogP contribution in [0, 0.1) is 17.2 Å². The van der Waals surface area contributed by atoms with E-state index in [1.807, 2.05) is 0 Å². The number of aliphatic carboxylic acids is 1. The summed E-state index contributed by atoms with van der Waals surface area (Å²) in [5.41, 5.74) is -0.211. The molecule has 1 N–H and O–H groups in total. The van der Waals surface area contributed by atoms with E-state index in [1.54, 1.807) is 4.90 Å². The number of nitrogens with zero attached hydrogens (tertiary/aromatic N) is 1. The van der Waals surface area contributed by atoms with E-state index in [0.717, 1.165) is 12.8 Å². The molecule has 1 saturated carbocycles. The molecule has 1 saturated heterocycles. The molecule has 0 radical (unpaired) electrons. The summed E-state index contributed by atoms with van der Waals surface area (Å²) < 4.78 is 13.0. The van der Waals surface area contributed by atoms with Crippen LogP contribution < -0.4 is 0 Å². The summed E-state index contributed by atoms with van der Waals surface area (Å²) in [5, 5.41) is 9.76. The molecule has 118 valence electrons. The first-order valence-corrected chi connectivity index (χ1v) is 7.75. The van der Waals surface area contributed by atoms with Gasteiger partial charge in [-0.1, -0.05) is 24.1 Å². The van der Waals surface area contributed by atoms with Crippen molar-refractivity contribution >= 4 is 23.5 Å². The van der Waals surface area contributed by atoms with E-state index in [1.165, 1.54) is 18.2 Å². The minimum atomic E-state index is -0.801. The fourth-order valence-corrected chi connectivity index (χ4v) is 4.00. The molecule has 2 fully saturated rings. The largest absolute Gasteiger partial charge is 0.481 e. The van der Waals surface area contributed by atoms with Gasteiger partial charge in [0.1, 0.15) is 5.82 Å². The number of benzene rings is 1. The lowest BCUT2D eigenvalue weighted by molar-refractivity contribution is -0.149. The average Bonchev–Trinajstić information content (AvgIpc) is 2.99. The van der Waals surface area contributed by atoms with Gasteiger partial charge in [0.05, 0.1) is 11.8 Å². The minimum Gasteiger partial charge on any atom is -0.481 e. The molecule has 0 aromatic heterocycles. The zero-order valence-electron chi connectivity index (χ0n) is 12.0. The molecule has 1 aliphatic heterocycles. The lowest BCUT2D eigenvalue weighted by Gasteiger charge is -2.23. The molecule has 1 amide bonds. The van der Waals surface area contributed by atoms with Crippen LogP contribution in [-0.2, 0) is 16.0 Å². The Morgan fingerprint density at radius 3 is 2.86 bits per heavy atom. The van der Waals surface area contributed by atoms with Crippen molar-refractivity contribution in [2.75, 3.05) is 13.1 Å². The predicted molar refractivity (Wildman–Crippen MR) is 79.1 cm³/mol. The molecule has 22 heavy (non-hydrogen) atoms.